The normalized spacial score (nSPS) is 12.5. The molecule has 248 valence electrons. The van der Waals surface area contributed by atoms with Gasteiger partial charge in [0.15, 0.2) is 0 Å². The molecule has 0 spiro atoms. The van der Waals surface area contributed by atoms with Crippen LogP contribution in [0.2, 0.25) is 0 Å². The topological polar surface area (TPSA) is 24.9 Å². The molecule has 0 heterocycles. The largest absolute Gasteiger partial charge is 0.494 e. The Labute approximate surface area is 271 Å². The molecule has 0 N–H and O–H groups in total. The van der Waals surface area contributed by atoms with Gasteiger partial charge < -0.3 is 28.2 Å². The van der Waals surface area contributed by atoms with Gasteiger partial charge in [0.2, 0.25) is 0 Å². The minimum absolute atomic E-state index is 0.789. The van der Waals surface area contributed by atoms with Crippen molar-refractivity contribution in [2.75, 3.05) is 109 Å². The summed E-state index contributed by atoms with van der Waals surface area (Å²) in [5.41, 5.74) is 2.35. The molecule has 0 saturated carbocycles. The average molecular weight is 611 g/mol. The zero-order chi connectivity index (χ0) is 32.3. The number of rotatable bonds is 24. The van der Waals surface area contributed by atoms with Crippen molar-refractivity contribution in [3.05, 3.63) is 59.7 Å². The molecule has 0 bridgehead atoms. The van der Waals surface area contributed by atoms with Crippen molar-refractivity contribution >= 4 is 12.2 Å². The SMILES string of the molecule is CN(C)CC[N+](C)(C)CCCCCCOc1ccc(/C=C/c2ccc(OCCCCCC[N+](C)(C)CCN(C)C)cc2)cc1. The zero-order valence-electron chi connectivity index (χ0n) is 29.7. The Morgan fingerprint density at radius 1 is 0.477 bits per heavy atom. The molecule has 0 aliphatic heterocycles. The highest BCUT2D eigenvalue weighted by Crippen LogP contribution is 2.18. The maximum absolute atomic E-state index is 5.99. The van der Waals surface area contributed by atoms with E-state index in [-0.39, 0.29) is 0 Å². The van der Waals surface area contributed by atoms with E-state index < -0.39 is 0 Å². The van der Waals surface area contributed by atoms with Crippen molar-refractivity contribution in [3.8, 4) is 11.5 Å². The van der Waals surface area contributed by atoms with Crippen LogP contribution in [-0.4, -0.2) is 128 Å². The highest BCUT2D eigenvalue weighted by molar-refractivity contribution is 5.70. The lowest BCUT2D eigenvalue weighted by molar-refractivity contribution is -0.890. The van der Waals surface area contributed by atoms with Crippen LogP contribution in [0.4, 0.5) is 0 Å². The number of hydrogen-bond acceptors (Lipinski definition) is 4. The number of ether oxygens (including phenoxy) is 2. The number of benzene rings is 2. The molecule has 0 atom stereocenters. The van der Waals surface area contributed by atoms with E-state index in [1.165, 1.54) is 75.8 Å². The van der Waals surface area contributed by atoms with Crippen LogP contribution in [0.15, 0.2) is 48.5 Å². The summed E-state index contributed by atoms with van der Waals surface area (Å²) in [6, 6.07) is 16.8. The molecule has 0 amide bonds. The summed E-state index contributed by atoms with van der Waals surface area (Å²) < 4.78 is 14.2. The number of unbranched alkanes of at least 4 members (excludes halogenated alkanes) is 6. The Bertz CT molecular complexity index is 946. The van der Waals surface area contributed by atoms with E-state index in [4.69, 9.17) is 9.47 Å². The third-order valence-electron chi connectivity index (χ3n) is 8.39. The zero-order valence-corrected chi connectivity index (χ0v) is 29.7. The first kappa shape index (κ1) is 37.8. The van der Waals surface area contributed by atoms with Gasteiger partial charge in [-0.1, -0.05) is 36.4 Å². The molecular formula is C38H66N4O2+2. The molecule has 0 unspecified atom stereocenters. The smallest absolute Gasteiger partial charge is 0.119 e. The minimum atomic E-state index is 0.789. The standard InChI is InChI=1S/C38H66N4O2/c1-39(2)27-31-41(5,6)29-13-9-11-15-33-43-37-23-19-35(20-24-37)17-18-36-21-25-38(26-22-36)44-34-16-12-10-14-30-42(7,8)32-28-40(3)4/h17-26H,9-16,27-34H2,1-8H3/q+2/b18-17+. The summed E-state index contributed by atoms with van der Waals surface area (Å²) in [7, 11) is 18.0. The fourth-order valence-electron chi connectivity index (χ4n) is 5.08. The number of nitrogens with zero attached hydrogens (tertiary/aromatic N) is 4. The molecule has 0 radical (unpaired) electrons. The summed E-state index contributed by atoms with van der Waals surface area (Å²) in [4.78, 5) is 4.54. The van der Waals surface area contributed by atoms with Crippen LogP contribution in [0, 0.1) is 0 Å². The number of quaternary nitrogens is 2. The van der Waals surface area contributed by atoms with Gasteiger partial charge >= 0.3 is 0 Å². The second-order valence-electron chi connectivity index (χ2n) is 14.4. The molecule has 6 heteroatoms. The molecule has 0 aliphatic carbocycles. The van der Waals surface area contributed by atoms with Crippen LogP contribution >= 0.6 is 0 Å². The van der Waals surface area contributed by atoms with Crippen LogP contribution in [0.1, 0.15) is 62.5 Å². The highest BCUT2D eigenvalue weighted by atomic mass is 16.5. The Balaban J connectivity index is 1.56. The fourth-order valence-corrected chi connectivity index (χ4v) is 5.08. The predicted molar refractivity (Wildman–Crippen MR) is 191 cm³/mol. The van der Waals surface area contributed by atoms with Gasteiger partial charge in [0, 0.05) is 13.1 Å². The van der Waals surface area contributed by atoms with Gasteiger partial charge in [0.25, 0.3) is 0 Å². The summed E-state index contributed by atoms with van der Waals surface area (Å²) >= 11 is 0. The third kappa shape index (κ3) is 18.4. The van der Waals surface area contributed by atoms with Crippen LogP contribution < -0.4 is 9.47 Å². The lowest BCUT2D eigenvalue weighted by Gasteiger charge is -2.31. The van der Waals surface area contributed by atoms with Crippen molar-refractivity contribution in [1.82, 2.24) is 9.80 Å². The van der Waals surface area contributed by atoms with Crippen LogP contribution in [0.3, 0.4) is 0 Å². The Hall–Kier alpha value is -2.38. The summed E-state index contributed by atoms with van der Waals surface area (Å²) in [6.07, 6.45) is 14.1. The van der Waals surface area contributed by atoms with E-state index in [0.717, 1.165) is 59.6 Å². The minimum Gasteiger partial charge on any atom is -0.494 e. The van der Waals surface area contributed by atoms with E-state index >= 15 is 0 Å². The highest BCUT2D eigenvalue weighted by Gasteiger charge is 2.15. The van der Waals surface area contributed by atoms with E-state index in [9.17, 15) is 0 Å². The molecule has 0 saturated heterocycles. The Kier molecular flexibility index (Phi) is 17.7. The summed E-state index contributed by atoms with van der Waals surface area (Å²) in [5, 5.41) is 0. The molecule has 2 rings (SSSR count). The van der Waals surface area contributed by atoms with Gasteiger partial charge in [-0.3, -0.25) is 0 Å². The Morgan fingerprint density at radius 2 is 0.818 bits per heavy atom. The van der Waals surface area contributed by atoms with Gasteiger partial charge in [-0.25, -0.2) is 0 Å². The quantitative estimate of drug-likeness (QED) is 0.0725. The monoisotopic (exact) mass is 611 g/mol. The van der Waals surface area contributed by atoms with Gasteiger partial charge in [0.05, 0.1) is 67.6 Å². The lowest BCUT2D eigenvalue weighted by Crippen LogP contribution is -2.44. The fraction of sp³-hybridized carbons (Fsp3) is 0.632. The van der Waals surface area contributed by atoms with E-state index in [1.54, 1.807) is 0 Å². The molecule has 6 nitrogen and oxygen atoms in total. The Morgan fingerprint density at radius 3 is 1.16 bits per heavy atom. The van der Waals surface area contributed by atoms with Gasteiger partial charge in [-0.2, -0.15) is 0 Å². The van der Waals surface area contributed by atoms with Gasteiger partial charge in [0.1, 0.15) is 11.5 Å². The summed E-state index contributed by atoms with van der Waals surface area (Å²) in [5.74, 6) is 1.90. The van der Waals surface area contributed by atoms with E-state index in [2.05, 4.69) is 127 Å². The van der Waals surface area contributed by atoms with Crippen molar-refractivity contribution < 1.29 is 18.4 Å². The molecule has 0 aliphatic rings. The molecular weight excluding hydrogens is 544 g/mol. The molecule has 0 fully saturated rings. The average Bonchev–Trinajstić information content (AvgIpc) is 2.98. The molecule has 0 aromatic heterocycles. The van der Waals surface area contributed by atoms with Crippen LogP contribution in [-0.2, 0) is 0 Å². The first-order chi connectivity index (χ1) is 20.9. The maximum atomic E-state index is 5.99. The van der Waals surface area contributed by atoms with E-state index in [0.29, 0.717) is 0 Å². The third-order valence-corrected chi connectivity index (χ3v) is 8.39. The number of likely N-dealkylation sites (N-methyl/N-ethyl adjacent to an activating group) is 4. The summed E-state index contributed by atoms with van der Waals surface area (Å²) in [6.45, 7) is 8.79. The van der Waals surface area contributed by atoms with Crippen molar-refractivity contribution in [1.29, 1.82) is 0 Å². The second kappa shape index (κ2) is 20.6. The molecule has 2 aromatic carbocycles. The van der Waals surface area contributed by atoms with Crippen LogP contribution in [0.25, 0.3) is 12.2 Å². The van der Waals surface area contributed by atoms with Crippen molar-refractivity contribution in [2.24, 2.45) is 0 Å². The van der Waals surface area contributed by atoms with Gasteiger partial charge in [-0.15, -0.1) is 0 Å². The van der Waals surface area contributed by atoms with Crippen molar-refractivity contribution in [3.63, 3.8) is 0 Å². The predicted octanol–water partition coefficient (Wildman–Crippen LogP) is 7.01. The van der Waals surface area contributed by atoms with Crippen molar-refractivity contribution in [2.45, 2.75) is 51.4 Å². The molecule has 2 aromatic rings. The lowest BCUT2D eigenvalue weighted by atomic mass is 10.1. The first-order valence-corrected chi connectivity index (χ1v) is 17.0. The number of hydrogen-bond donors (Lipinski definition) is 0. The molecule has 44 heavy (non-hydrogen) atoms. The van der Waals surface area contributed by atoms with Crippen LogP contribution in [0.5, 0.6) is 11.5 Å². The second-order valence-corrected chi connectivity index (χ2v) is 14.4. The van der Waals surface area contributed by atoms with E-state index in [1.807, 2.05) is 0 Å². The van der Waals surface area contributed by atoms with Gasteiger partial charge in [-0.05, 0) is 115 Å². The first-order valence-electron chi connectivity index (χ1n) is 17.0. The maximum Gasteiger partial charge on any atom is 0.119 e.